The first-order chi connectivity index (χ1) is 18.0. The second kappa shape index (κ2) is 24.0. The smallest absolute Gasteiger partial charge is 0.373 e. The summed E-state index contributed by atoms with van der Waals surface area (Å²) in [6, 6.07) is 9.55. The number of rotatable bonds is 4. The lowest BCUT2D eigenvalue weighted by Crippen LogP contribution is -2.05. The molecule has 0 aliphatic carbocycles. The topological polar surface area (TPSA) is 188 Å². The van der Waals surface area contributed by atoms with E-state index in [1.54, 1.807) is 25.1 Å². The predicted octanol–water partition coefficient (Wildman–Crippen LogP) is 2.00. The number of hydrogen-bond donors (Lipinski definition) is 2. The first kappa shape index (κ1) is 39.1. The molecule has 0 amide bonds. The highest BCUT2D eigenvalue weighted by atomic mass is 16.5. The van der Waals surface area contributed by atoms with Crippen LogP contribution in [-0.2, 0) is 40.0 Å². The Kier molecular flexibility index (Phi) is 24.0. The van der Waals surface area contributed by atoms with Gasteiger partial charge in [0.1, 0.15) is 0 Å². The fraction of sp³-hybridized carbons (Fsp3) is 0.346. The van der Waals surface area contributed by atoms with Gasteiger partial charge in [0, 0.05) is 21.6 Å². The summed E-state index contributed by atoms with van der Waals surface area (Å²) >= 11 is 0. The monoisotopic (exact) mass is 545 g/mol. The molecule has 0 spiro atoms. The number of ether oxygens (including phenoxy) is 3. The van der Waals surface area contributed by atoms with Gasteiger partial charge in [-0.15, -0.1) is 0 Å². The fourth-order valence-electron chi connectivity index (χ4n) is 2.84. The van der Waals surface area contributed by atoms with Crippen molar-refractivity contribution in [2.75, 3.05) is 27.4 Å². The molecule has 1 aliphatic heterocycles. The Morgan fingerprint density at radius 2 is 1.15 bits per heavy atom. The van der Waals surface area contributed by atoms with Gasteiger partial charge in [-0.3, -0.25) is 0 Å². The number of aliphatic hydroxyl groups is 1. The zero-order valence-corrected chi connectivity index (χ0v) is 22.1. The standard InChI is InChI=1S/C10H10O4.C10H12O3.C4H8O.2CO2.B/c1-6-3-7(9(11)12)5-8(4-6)10(13)14-2;1-7-3-8(6-11)5-9(4-7)10(12)13-2;1-2-4-5-3-1;2*2-1-3;/h3-5H,1-2H3,(H,11,12);3-5,11H,6H2,1-2H3;1-4H2;;;. The number of carbonyl (C=O) groups is 3. The Bertz CT molecular complexity index is 1080. The highest BCUT2D eigenvalue weighted by molar-refractivity contribution is 5.94. The van der Waals surface area contributed by atoms with Crippen LogP contribution in [0.25, 0.3) is 0 Å². The number of benzene rings is 2. The van der Waals surface area contributed by atoms with E-state index in [0.29, 0.717) is 11.1 Å². The van der Waals surface area contributed by atoms with Crippen LogP contribution < -0.4 is 0 Å². The lowest BCUT2D eigenvalue weighted by Gasteiger charge is -2.03. The minimum Gasteiger partial charge on any atom is -0.478 e. The maximum Gasteiger partial charge on any atom is 0.373 e. The van der Waals surface area contributed by atoms with Crippen LogP contribution in [0, 0.1) is 13.8 Å². The van der Waals surface area contributed by atoms with Gasteiger partial charge >= 0.3 is 30.2 Å². The van der Waals surface area contributed by atoms with Crippen LogP contribution in [0.2, 0.25) is 0 Å². The van der Waals surface area contributed by atoms with Gasteiger partial charge in [0.25, 0.3) is 0 Å². The maximum absolute atomic E-state index is 11.1. The Labute approximate surface area is 227 Å². The number of aliphatic hydroxyl groups excluding tert-OH is 1. The quantitative estimate of drug-likeness (QED) is 0.421. The lowest BCUT2D eigenvalue weighted by molar-refractivity contribution is -0.193. The van der Waals surface area contributed by atoms with Crippen molar-refractivity contribution in [1.82, 2.24) is 0 Å². The minimum absolute atomic E-state index is 0. The summed E-state index contributed by atoms with van der Waals surface area (Å²) < 4.78 is 14.0. The van der Waals surface area contributed by atoms with Crippen molar-refractivity contribution in [2.45, 2.75) is 33.3 Å². The normalized spacial score (nSPS) is 10.2. The van der Waals surface area contributed by atoms with Crippen molar-refractivity contribution < 1.29 is 58.0 Å². The first-order valence-electron chi connectivity index (χ1n) is 10.8. The van der Waals surface area contributed by atoms with Crippen LogP contribution in [0.15, 0.2) is 36.4 Å². The number of carboxylic acids is 1. The van der Waals surface area contributed by atoms with E-state index >= 15 is 0 Å². The molecule has 13 heteroatoms. The molecular formula is C26H30BO12. The van der Waals surface area contributed by atoms with E-state index in [1.807, 2.05) is 13.0 Å². The maximum atomic E-state index is 11.1. The zero-order valence-electron chi connectivity index (χ0n) is 22.1. The van der Waals surface area contributed by atoms with E-state index < -0.39 is 11.9 Å². The molecular weight excluding hydrogens is 515 g/mol. The van der Waals surface area contributed by atoms with Crippen molar-refractivity contribution in [3.8, 4) is 0 Å². The molecule has 3 radical (unpaired) electrons. The van der Waals surface area contributed by atoms with E-state index in [2.05, 4.69) is 9.47 Å². The van der Waals surface area contributed by atoms with Gasteiger partial charge in [0.2, 0.25) is 0 Å². The molecule has 0 unspecified atom stereocenters. The third kappa shape index (κ3) is 18.5. The molecule has 1 aliphatic rings. The average molecular weight is 545 g/mol. The van der Waals surface area contributed by atoms with E-state index in [-0.39, 0.29) is 44.4 Å². The molecule has 0 aromatic heterocycles. The van der Waals surface area contributed by atoms with Crippen LogP contribution in [0.4, 0.5) is 0 Å². The molecule has 39 heavy (non-hydrogen) atoms. The van der Waals surface area contributed by atoms with Crippen molar-refractivity contribution in [1.29, 1.82) is 0 Å². The third-order valence-electron chi connectivity index (χ3n) is 4.31. The third-order valence-corrected chi connectivity index (χ3v) is 4.31. The number of hydrogen-bond acceptors (Lipinski definition) is 11. The summed E-state index contributed by atoms with van der Waals surface area (Å²) in [5, 5.41) is 17.6. The number of carboxylic acid groups (broad SMARTS) is 1. The number of aromatic carboxylic acids is 1. The average Bonchev–Trinajstić information content (AvgIpc) is 3.48. The van der Waals surface area contributed by atoms with Crippen molar-refractivity contribution >= 4 is 38.6 Å². The molecule has 2 N–H and O–H groups in total. The van der Waals surface area contributed by atoms with Gasteiger partial charge < -0.3 is 24.4 Å². The number of aryl methyl sites for hydroxylation is 2. The Hall–Kier alpha value is -4.41. The van der Waals surface area contributed by atoms with Gasteiger partial charge in [0.05, 0.1) is 37.5 Å². The van der Waals surface area contributed by atoms with Crippen LogP contribution in [0.3, 0.4) is 0 Å². The summed E-state index contributed by atoms with van der Waals surface area (Å²) in [7, 11) is 2.59. The molecule has 1 saturated heterocycles. The van der Waals surface area contributed by atoms with E-state index in [1.165, 1.54) is 39.2 Å². The Balaban J connectivity index is -0.000000475. The van der Waals surface area contributed by atoms with Crippen molar-refractivity contribution in [3.63, 3.8) is 0 Å². The van der Waals surface area contributed by atoms with Gasteiger partial charge in [-0.25, -0.2) is 14.4 Å². The second-order valence-electron chi connectivity index (χ2n) is 7.23. The Morgan fingerprint density at radius 3 is 1.49 bits per heavy atom. The summed E-state index contributed by atoms with van der Waals surface area (Å²) in [6.45, 7) is 5.52. The molecule has 3 rings (SSSR count). The van der Waals surface area contributed by atoms with E-state index in [9.17, 15) is 14.4 Å². The first-order valence-corrected chi connectivity index (χ1v) is 10.8. The number of methoxy groups -OCH3 is 2. The minimum atomic E-state index is -1.06. The molecule has 12 nitrogen and oxygen atoms in total. The fourth-order valence-corrected chi connectivity index (χ4v) is 2.84. The SMILES string of the molecule is C1CCOC1.COC(=O)c1cc(C)cc(C(=O)O)c1.COC(=O)c1cc(C)cc(CO)c1.O=C=O.O=C=O.[B]. The van der Waals surface area contributed by atoms with Crippen LogP contribution >= 0.6 is 0 Å². The van der Waals surface area contributed by atoms with Gasteiger partial charge in [-0.05, 0) is 73.7 Å². The molecule has 0 atom stereocenters. The molecule has 0 saturated carbocycles. The van der Waals surface area contributed by atoms with Crippen LogP contribution in [0.1, 0.15) is 60.6 Å². The molecule has 209 valence electrons. The summed E-state index contributed by atoms with van der Waals surface area (Å²) in [6.07, 6.45) is 3.06. The van der Waals surface area contributed by atoms with Crippen molar-refractivity contribution in [3.05, 3.63) is 69.8 Å². The Morgan fingerprint density at radius 1 is 0.769 bits per heavy atom. The second-order valence-corrected chi connectivity index (χ2v) is 7.23. The van der Waals surface area contributed by atoms with Crippen LogP contribution in [0.5, 0.6) is 0 Å². The highest BCUT2D eigenvalue weighted by Gasteiger charge is 2.10. The lowest BCUT2D eigenvalue weighted by atomic mass is 10.1. The van der Waals surface area contributed by atoms with E-state index in [4.69, 9.17) is 34.1 Å². The molecule has 2 aromatic carbocycles. The highest BCUT2D eigenvalue weighted by Crippen LogP contribution is 2.11. The van der Waals surface area contributed by atoms with Gasteiger partial charge in [0.15, 0.2) is 0 Å². The van der Waals surface area contributed by atoms with Gasteiger partial charge in [-0.1, -0.05) is 6.07 Å². The van der Waals surface area contributed by atoms with Gasteiger partial charge in [-0.2, -0.15) is 19.2 Å². The predicted molar refractivity (Wildman–Crippen MR) is 134 cm³/mol. The van der Waals surface area contributed by atoms with Crippen LogP contribution in [-0.4, -0.2) is 76.3 Å². The van der Waals surface area contributed by atoms with Crippen molar-refractivity contribution in [2.24, 2.45) is 0 Å². The zero-order chi connectivity index (χ0) is 29.5. The molecule has 1 heterocycles. The molecule has 0 bridgehead atoms. The number of carbonyl (C=O) groups excluding carboxylic acids is 6. The summed E-state index contributed by atoms with van der Waals surface area (Å²) in [5.74, 6) is -1.96. The number of esters is 2. The summed E-state index contributed by atoms with van der Waals surface area (Å²) in [4.78, 5) is 65.4. The molecule has 2 aromatic rings. The summed E-state index contributed by atoms with van der Waals surface area (Å²) in [5.41, 5.74) is 3.19. The largest absolute Gasteiger partial charge is 0.478 e. The van der Waals surface area contributed by atoms with E-state index in [0.717, 1.165) is 24.3 Å². The molecule has 1 fully saturated rings.